The monoisotopic (exact) mass is 692 g/mol. The van der Waals surface area contributed by atoms with Gasteiger partial charge in [-0.25, -0.2) is 4.98 Å². The number of aromatic nitrogens is 2. The highest BCUT2D eigenvalue weighted by Crippen LogP contribution is 2.41. The van der Waals surface area contributed by atoms with Gasteiger partial charge in [-0.15, -0.1) is 0 Å². The molecule has 2 rings (SSSR count). The topological polar surface area (TPSA) is 201 Å². The van der Waals surface area contributed by atoms with Crippen LogP contribution in [0, 0.1) is 5.92 Å². The van der Waals surface area contributed by atoms with Gasteiger partial charge in [-0.1, -0.05) is 69.9 Å². The molecular weight excluding hydrogens is 639 g/mol. The zero-order valence-electron chi connectivity index (χ0n) is 28.1. The van der Waals surface area contributed by atoms with Crippen molar-refractivity contribution in [2.75, 3.05) is 26.0 Å². The van der Waals surface area contributed by atoms with Crippen molar-refractivity contribution in [2.45, 2.75) is 96.7 Å². The van der Waals surface area contributed by atoms with E-state index in [-0.39, 0.29) is 38.0 Å². The second-order valence-electron chi connectivity index (χ2n) is 12.2. The number of nitrogens with one attached hydrogen (secondary N) is 4. The summed E-state index contributed by atoms with van der Waals surface area (Å²) >= 11 is 0. The molecule has 268 valence electrons. The van der Waals surface area contributed by atoms with Crippen LogP contribution in [0.2, 0.25) is 0 Å². The Hall–Kier alpha value is -3.58. The first-order valence-electron chi connectivity index (χ1n) is 16.7. The highest BCUT2D eigenvalue weighted by atomic mass is 31.2. The minimum atomic E-state index is -3.94. The van der Waals surface area contributed by atoms with Gasteiger partial charge in [0.25, 0.3) is 0 Å². The largest absolute Gasteiger partial charge is 0.370 e. The minimum absolute atomic E-state index is 0.0509. The number of nitrogens with zero attached hydrogens (tertiary/aromatic N) is 2. The molecule has 1 aromatic carbocycles. The SMILES string of the molecule is CC(C)CC(NC=O)C(=O)NC(Cc1cncn1CCCCCCCCc1ccccc1)C(=O)NCC(=O)NCCCP(=O)(O)OCO. The predicted molar refractivity (Wildman–Crippen MR) is 182 cm³/mol. The van der Waals surface area contributed by atoms with Crippen molar-refractivity contribution < 1.29 is 38.3 Å². The minimum Gasteiger partial charge on any atom is -0.370 e. The van der Waals surface area contributed by atoms with Crippen molar-refractivity contribution in [1.29, 1.82) is 0 Å². The summed E-state index contributed by atoms with van der Waals surface area (Å²) in [6, 6.07) is 8.60. The second-order valence-corrected chi connectivity index (χ2v) is 14.2. The average Bonchev–Trinajstić information content (AvgIpc) is 3.49. The molecule has 2 aromatic rings. The number of rotatable bonds is 26. The number of unbranched alkanes of at least 4 members (excludes halogenated alkanes) is 5. The zero-order valence-corrected chi connectivity index (χ0v) is 29.0. The van der Waals surface area contributed by atoms with Gasteiger partial charge < -0.3 is 35.8 Å². The van der Waals surface area contributed by atoms with Crippen LogP contribution in [0.15, 0.2) is 42.9 Å². The summed E-state index contributed by atoms with van der Waals surface area (Å²) in [5, 5.41) is 19.0. The van der Waals surface area contributed by atoms with Crippen LogP contribution >= 0.6 is 7.60 Å². The summed E-state index contributed by atoms with van der Waals surface area (Å²) in [5.41, 5.74) is 2.11. The van der Waals surface area contributed by atoms with Crippen molar-refractivity contribution in [3.05, 3.63) is 54.1 Å². The molecule has 15 heteroatoms. The Morgan fingerprint density at radius 1 is 0.979 bits per heavy atom. The Balaban J connectivity index is 1.91. The van der Waals surface area contributed by atoms with E-state index in [4.69, 9.17) is 5.11 Å². The lowest BCUT2D eigenvalue weighted by molar-refractivity contribution is -0.131. The van der Waals surface area contributed by atoms with E-state index in [9.17, 15) is 28.6 Å². The Morgan fingerprint density at radius 3 is 2.38 bits per heavy atom. The van der Waals surface area contributed by atoms with Crippen LogP contribution in [0.3, 0.4) is 0 Å². The lowest BCUT2D eigenvalue weighted by Gasteiger charge is -2.23. The van der Waals surface area contributed by atoms with Gasteiger partial charge in [0, 0.05) is 31.4 Å². The smallest absolute Gasteiger partial charge is 0.330 e. The molecule has 0 aliphatic carbocycles. The highest BCUT2D eigenvalue weighted by molar-refractivity contribution is 7.52. The lowest BCUT2D eigenvalue weighted by atomic mass is 10.0. The summed E-state index contributed by atoms with van der Waals surface area (Å²) in [4.78, 5) is 63.7. The quantitative estimate of drug-likeness (QED) is 0.0371. The molecule has 0 radical (unpaired) electrons. The summed E-state index contributed by atoms with van der Waals surface area (Å²) in [6.07, 6.45) is 11.9. The maximum atomic E-state index is 13.3. The third-order valence-electron chi connectivity index (χ3n) is 7.72. The number of hydrogen-bond acceptors (Lipinski definition) is 8. The fourth-order valence-corrected chi connectivity index (χ4v) is 6.06. The standard InChI is InChI=1S/C33H53N6O8P/c1-26(2)19-29(37-24-40)33(44)38-30(32(43)36-22-31(42)35-16-12-18-48(45,46)47-25-41)20-28-21-34-23-39(28)17-11-6-4-3-5-8-13-27-14-9-7-10-15-27/h7,9-10,14-15,21,23-24,26,29-30,41H,3-6,8,11-13,16-20,22,25H2,1-2H3,(H,35,42)(H,36,43)(H,37,40)(H,38,44)(H,45,46). The number of imidazole rings is 1. The predicted octanol–water partition coefficient (Wildman–Crippen LogP) is 2.43. The number of benzene rings is 1. The first kappa shape index (κ1) is 40.6. The van der Waals surface area contributed by atoms with Crippen LogP contribution < -0.4 is 21.3 Å². The zero-order chi connectivity index (χ0) is 35.2. The molecular formula is C33H53N6O8P. The van der Waals surface area contributed by atoms with Crippen LogP contribution in [-0.2, 0) is 47.7 Å². The number of carbonyl (C=O) groups is 4. The van der Waals surface area contributed by atoms with E-state index in [0.29, 0.717) is 19.4 Å². The maximum absolute atomic E-state index is 13.3. The third-order valence-corrected chi connectivity index (χ3v) is 9.12. The average molecular weight is 693 g/mol. The van der Waals surface area contributed by atoms with E-state index in [1.807, 2.05) is 24.5 Å². The van der Waals surface area contributed by atoms with E-state index in [0.717, 1.165) is 37.8 Å². The van der Waals surface area contributed by atoms with Crippen molar-refractivity contribution in [3.8, 4) is 0 Å². The molecule has 0 saturated heterocycles. The van der Waals surface area contributed by atoms with Crippen molar-refractivity contribution >= 4 is 31.7 Å². The van der Waals surface area contributed by atoms with Crippen molar-refractivity contribution in [3.63, 3.8) is 0 Å². The van der Waals surface area contributed by atoms with E-state index >= 15 is 0 Å². The van der Waals surface area contributed by atoms with Crippen molar-refractivity contribution in [2.24, 2.45) is 5.92 Å². The summed E-state index contributed by atoms with van der Waals surface area (Å²) in [6.45, 7) is 3.31. The van der Waals surface area contributed by atoms with Gasteiger partial charge in [0.2, 0.25) is 24.1 Å². The number of carbonyl (C=O) groups excluding carboxylic acids is 4. The van der Waals surface area contributed by atoms with Gasteiger partial charge in [0.05, 0.1) is 19.0 Å². The van der Waals surface area contributed by atoms with E-state index in [1.54, 1.807) is 12.5 Å². The molecule has 48 heavy (non-hydrogen) atoms. The van der Waals surface area contributed by atoms with Gasteiger partial charge in [0.15, 0.2) is 6.79 Å². The van der Waals surface area contributed by atoms with Gasteiger partial charge in [-0.05, 0) is 43.6 Å². The van der Waals surface area contributed by atoms with Crippen LogP contribution in [0.1, 0.15) is 76.5 Å². The van der Waals surface area contributed by atoms with Crippen molar-refractivity contribution in [1.82, 2.24) is 30.8 Å². The van der Waals surface area contributed by atoms with E-state index in [2.05, 4.69) is 55.0 Å². The van der Waals surface area contributed by atoms with Gasteiger partial charge >= 0.3 is 7.60 Å². The van der Waals surface area contributed by atoms with Gasteiger partial charge in [-0.2, -0.15) is 0 Å². The van der Waals surface area contributed by atoms with Crippen LogP contribution in [0.4, 0.5) is 0 Å². The van der Waals surface area contributed by atoms with Crippen LogP contribution in [0.25, 0.3) is 0 Å². The first-order chi connectivity index (χ1) is 23.0. The second kappa shape index (κ2) is 22.9. The fraction of sp³-hybridized carbons (Fsp3) is 0.606. The molecule has 0 fully saturated rings. The number of amides is 4. The number of aliphatic hydroxyl groups excluding tert-OH is 1. The Kier molecular flexibility index (Phi) is 19.4. The molecule has 1 heterocycles. The van der Waals surface area contributed by atoms with E-state index in [1.165, 1.54) is 18.4 Å². The Bertz CT molecular complexity index is 1290. The molecule has 6 N–H and O–H groups in total. The molecule has 0 aliphatic heterocycles. The molecule has 0 bridgehead atoms. The van der Waals surface area contributed by atoms with E-state index < -0.39 is 44.2 Å². The summed E-state index contributed by atoms with van der Waals surface area (Å²) < 4.78 is 18.0. The number of hydrogen-bond donors (Lipinski definition) is 6. The third kappa shape index (κ3) is 17.0. The van der Waals surface area contributed by atoms with Gasteiger partial charge in [0.1, 0.15) is 12.1 Å². The Morgan fingerprint density at radius 2 is 1.69 bits per heavy atom. The fourth-order valence-electron chi connectivity index (χ4n) is 5.19. The first-order valence-corrected chi connectivity index (χ1v) is 18.5. The molecule has 3 atom stereocenters. The molecule has 1 aromatic heterocycles. The molecule has 3 unspecified atom stereocenters. The number of aryl methyl sites for hydroxylation is 2. The molecule has 0 saturated carbocycles. The Labute approximate surface area is 283 Å². The lowest BCUT2D eigenvalue weighted by Crippen LogP contribution is -2.54. The van der Waals surface area contributed by atoms with Crippen LogP contribution in [-0.4, -0.2) is 81.8 Å². The van der Waals surface area contributed by atoms with Gasteiger partial charge in [-0.3, -0.25) is 28.3 Å². The van der Waals surface area contributed by atoms with Crippen LogP contribution in [0.5, 0.6) is 0 Å². The normalized spacial score (nSPS) is 13.7. The molecule has 0 spiro atoms. The number of aliphatic hydroxyl groups is 1. The molecule has 4 amide bonds. The summed E-state index contributed by atoms with van der Waals surface area (Å²) in [7, 11) is -3.94. The summed E-state index contributed by atoms with van der Waals surface area (Å²) in [5.74, 6) is -1.54. The maximum Gasteiger partial charge on any atom is 0.330 e. The highest BCUT2D eigenvalue weighted by Gasteiger charge is 2.27. The molecule has 0 aliphatic rings. The molecule has 14 nitrogen and oxygen atoms in total.